The Hall–Kier alpha value is -1.87. The van der Waals surface area contributed by atoms with Crippen LogP contribution in [0.15, 0.2) is 24.3 Å². The molecule has 1 saturated heterocycles. The van der Waals surface area contributed by atoms with Crippen molar-refractivity contribution >= 4 is 11.7 Å². The number of hydrogen-bond acceptors (Lipinski definition) is 7. The van der Waals surface area contributed by atoms with Crippen molar-refractivity contribution in [2.75, 3.05) is 12.4 Å². The van der Waals surface area contributed by atoms with Gasteiger partial charge in [-0.1, -0.05) is 0 Å². The summed E-state index contributed by atoms with van der Waals surface area (Å²) in [7, 11) is 1.75. The van der Waals surface area contributed by atoms with E-state index in [0.29, 0.717) is 5.75 Å². The largest absolute Gasteiger partial charge is 0.479 e. The van der Waals surface area contributed by atoms with Gasteiger partial charge in [0.1, 0.15) is 24.1 Å². The first-order valence-corrected chi connectivity index (χ1v) is 6.31. The zero-order valence-corrected chi connectivity index (χ0v) is 11.2. The van der Waals surface area contributed by atoms with Crippen LogP contribution in [0, 0.1) is 0 Å². The molecule has 8 nitrogen and oxygen atoms in total. The van der Waals surface area contributed by atoms with Gasteiger partial charge >= 0.3 is 5.97 Å². The van der Waals surface area contributed by atoms with E-state index in [2.05, 4.69) is 5.32 Å². The lowest BCUT2D eigenvalue weighted by molar-refractivity contribution is -0.271. The summed E-state index contributed by atoms with van der Waals surface area (Å²) in [5, 5.41) is 40.9. The van der Waals surface area contributed by atoms with E-state index in [0.717, 1.165) is 5.69 Å². The molecule has 1 heterocycles. The number of hydrogen-bond donors (Lipinski definition) is 5. The first kappa shape index (κ1) is 15.5. The van der Waals surface area contributed by atoms with Gasteiger partial charge in [-0.05, 0) is 24.3 Å². The maximum Gasteiger partial charge on any atom is 0.335 e. The average Bonchev–Trinajstić information content (AvgIpc) is 2.48. The van der Waals surface area contributed by atoms with Gasteiger partial charge in [-0.3, -0.25) is 0 Å². The van der Waals surface area contributed by atoms with E-state index >= 15 is 0 Å². The number of carbonyl (C=O) groups is 1. The maximum absolute atomic E-state index is 11.0. The molecule has 0 saturated carbocycles. The SMILES string of the molecule is CNc1ccc(OC2OC(C(=O)O)C(O)C(O)C2O)cc1. The van der Waals surface area contributed by atoms with Gasteiger partial charge in [0, 0.05) is 12.7 Å². The molecule has 1 aliphatic heterocycles. The van der Waals surface area contributed by atoms with Crippen molar-refractivity contribution in [3.63, 3.8) is 0 Å². The fourth-order valence-corrected chi connectivity index (χ4v) is 1.98. The molecule has 0 spiro atoms. The topological polar surface area (TPSA) is 128 Å². The molecule has 0 radical (unpaired) electrons. The van der Waals surface area contributed by atoms with Gasteiger partial charge in [-0.2, -0.15) is 0 Å². The predicted octanol–water partition coefficient (Wildman–Crippen LogP) is -1.00. The van der Waals surface area contributed by atoms with Crippen LogP contribution in [0.4, 0.5) is 5.69 Å². The van der Waals surface area contributed by atoms with Gasteiger partial charge in [0.05, 0.1) is 0 Å². The summed E-state index contributed by atoms with van der Waals surface area (Å²) in [4.78, 5) is 11.0. The molecule has 1 aliphatic rings. The fraction of sp³-hybridized carbons (Fsp3) is 0.462. The molecule has 0 amide bonds. The van der Waals surface area contributed by atoms with Crippen LogP contribution < -0.4 is 10.1 Å². The summed E-state index contributed by atoms with van der Waals surface area (Å²) in [5.41, 5.74) is 0.839. The Morgan fingerprint density at radius 2 is 1.76 bits per heavy atom. The second-order valence-corrected chi connectivity index (χ2v) is 4.63. The minimum atomic E-state index is -1.73. The van der Waals surface area contributed by atoms with Crippen molar-refractivity contribution in [1.82, 2.24) is 0 Å². The lowest BCUT2D eigenvalue weighted by Crippen LogP contribution is -2.61. The molecule has 0 aromatic heterocycles. The van der Waals surface area contributed by atoms with Crippen molar-refractivity contribution in [2.45, 2.75) is 30.7 Å². The standard InChI is InChI=1S/C13H17NO7/c1-14-6-2-4-7(5-3-6)20-13-10(17)8(15)9(16)11(21-13)12(18)19/h2-5,8-11,13-17H,1H3,(H,18,19). The molecule has 2 rings (SSSR count). The Morgan fingerprint density at radius 3 is 2.29 bits per heavy atom. The average molecular weight is 299 g/mol. The minimum absolute atomic E-state index is 0.325. The first-order chi connectivity index (χ1) is 9.93. The van der Waals surface area contributed by atoms with Crippen molar-refractivity contribution in [1.29, 1.82) is 0 Å². The second-order valence-electron chi connectivity index (χ2n) is 4.63. The third kappa shape index (κ3) is 3.24. The number of nitrogens with one attached hydrogen (secondary N) is 1. The third-order valence-corrected chi connectivity index (χ3v) is 3.21. The number of carboxylic acids is 1. The molecule has 1 aromatic rings. The summed E-state index contributed by atoms with van der Waals surface area (Å²) < 4.78 is 10.3. The Bertz CT molecular complexity index is 492. The zero-order chi connectivity index (χ0) is 15.6. The monoisotopic (exact) mass is 299 g/mol. The summed E-state index contributed by atoms with van der Waals surface area (Å²) in [5.74, 6) is -1.13. The molecule has 0 aliphatic carbocycles. The molecule has 1 aromatic carbocycles. The Balaban J connectivity index is 2.11. The van der Waals surface area contributed by atoms with Gasteiger partial charge in [-0.25, -0.2) is 4.79 Å². The van der Waals surface area contributed by atoms with Crippen LogP contribution in [0.5, 0.6) is 5.75 Å². The van der Waals surface area contributed by atoms with Gasteiger partial charge < -0.3 is 35.2 Å². The van der Waals surface area contributed by atoms with Crippen LogP contribution in [0.1, 0.15) is 0 Å². The number of anilines is 1. The van der Waals surface area contributed by atoms with E-state index in [9.17, 15) is 20.1 Å². The summed E-state index contributed by atoms with van der Waals surface area (Å²) in [6, 6.07) is 6.61. The highest BCUT2D eigenvalue weighted by atomic mass is 16.7. The number of aliphatic carboxylic acids is 1. The van der Waals surface area contributed by atoms with Crippen molar-refractivity contribution < 1.29 is 34.7 Å². The maximum atomic E-state index is 11.0. The number of ether oxygens (including phenoxy) is 2. The lowest BCUT2D eigenvalue weighted by Gasteiger charge is -2.38. The smallest absolute Gasteiger partial charge is 0.335 e. The number of aliphatic hydroxyl groups is 3. The zero-order valence-electron chi connectivity index (χ0n) is 11.2. The molecule has 21 heavy (non-hydrogen) atoms. The number of rotatable bonds is 4. The molecule has 5 N–H and O–H groups in total. The van der Waals surface area contributed by atoms with Crippen LogP contribution in [0.25, 0.3) is 0 Å². The highest BCUT2D eigenvalue weighted by Gasteiger charge is 2.48. The van der Waals surface area contributed by atoms with E-state index < -0.39 is 36.7 Å². The molecular formula is C13H17NO7. The molecule has 0 bridgehead atoms. The van der Waals surface area contributed by atoms with E-state index in [4.69, 9.17) is 14.6 Å². The molecule has 8 heteroatoms. The molecular weight excluding hydrogens is 282 g/mol. The highest BCUT2D eigenvalue weighted by molar-refractivity contribution is 5.73. The minimum Gasteiger partial charge on any atom is -0.479 e. The van der Waals surface area contributed by atoms with E-state index in [1.807, 2.05) is 0 Å². The molecule has 1 fully saturated rings. The quantitative estimate of drug-likeness (QED) is 0.479. The first-order valence-electron chi connectivity index (χ1n) is 6.31. The fourth-order valence-electron chi connectivity index (χ4n) is 1.98. The Kier molecular flexibility index (Phi) is 4.63. The van der Waals surface area contributed by atoms with Crippen molar-refractivity contribution in [2.24, 2.45) is 0 Å². The Morgan fingerprint density at radius 1 is 1.14 bits per heavy atom. The van der Waals surface area contributed by atoms with E-state index in [1.54, 1.807) is 31.3 Å². The van der Waals surface area contributed by atoms with Gasteiger partial charge in [-0.15, -0.1) is 0 Å². The highest BCUT2D eigenvalue weighted by Crippen LogP contribution is 2.25. The summed E-state index contributed by atoms with van der Waals surface area (Å²) in [6.07, 6.45) is -8.06. The van der Waals surface area contributed by atoms with Gasteiger partial charge in [0.2, 0.25) is 6.29 Å². The van der Waals surface area contributed by atoms with Crippen LogP contribution in [0.3, 0.4) is 0 Å². The number of carboxylic acid groups (broad SMARTS) is 1. The van der Waals surface area contributed by atoms with Crippen LogP contribution in [0.2, 0.25) is 0 Å². The van der Waals surface area contributed by atoms with Gasteiger partial charge in [0.15, 0.2) is 6.10 Å². The van der Waals surface area contributed by atoms with E-state index in [1.165, 1.54) is 0 Å². The molecule has 116 valence electrons. The van der Waals surface area contributed by atoms with Crippen LogP contribution in [-0.2, 0) is 9.53 Å². The van der Waals surface area contributed by atoms with Crippen molar-refractivity contribution in [3.8, 4) is 5.75 Å². The third-order valence-electron chi connectivity index (χ3n) is 3.21. The van der Waals surface area contributed by atoms with Crippen LogP contribution in [-0.4, -0.2) is 64.1 Å². The molecule has 5 unspecified atom stereocenters. The second kappa shape index (κ2) is 6.27. The molecule has 5 atom stereocenters. The van der Waals surface area contributed by atoms with Crippen LogP contribution >= 0.6 is 0 Å². The predicted molar refractivity (Wildman–Crippen MR) is 70.9 cm³/mol. The number of aliphatic hydroxyl groups excluding tert-OH is 3. The summed E-state index contributed by atoms with van der Waals surface area (Å²) in [6.45, 7) is 0. The lowest BCUT2D eigenvalue weighted by atomic mass is 9.99. The normalized spacial score (nSPS) is 32.5. The number of benzene rings is 1. The van der Waals surface area contributed by atoms with Gasteiger partial charge in [0.25, 0.3) is 0 Å². The van der Waals surface area contributed by atoms with E-state index in [-0.39, 0.29) is 0 Å². The Labute approximate surface area is 120 Å². The van der Waals surface area contributed by atoms with Crippen molar-refractivity contribution in [3.05, 3.63) is 24.3 Å². The summed E-state index contributed by atoms with van der Waals surface area (Å²) >= 11 is 0.